The molecule has 0 amide bonds. The summed E-state index contributed by atoms with van der Waals surface area (Å²) in [6.07, 6.45) is 3.49. The smallest absolute Gasteiger partial charge is 0.233 e. The summed E-state index contributed by atoms with van der Waals surface area (Å²) in [6, 6.07) is 0.268. The monoisotopic (exact) mass is 295 g/mol. The molecule has 3 atom stereocenters. The highest BCUT2D eigenvalue weighted by Crippen LogP contribution is 2.42. The fraction of sp³-hybridized carbons (Fsp3) is 0.867. The summed E-state index contributed by atoms with van der Waals surface area (Å²) in [7, 11) is 0. The second kappa shape index (κ2) is 6.85. The minimum atomic E-state index is -0.00290. The molecule has 1 saturated carbocycles. The first-order valence-corrected chi connectivity index (χ1v) is 8.09. The van der Waals surface area contributed by atoms with Gasteiger partial charge < -0.3 is 19.3 Å². The quantitative estimate of drug-likeness (QED) is 0.791. The number of ether oxygens (including phenoxy) is 2. The Morgan fingerprint density at radius 3 is 2.90 bits per heavy atom. The fourth-order valence-corrected chi connectivity index (χ4v) is 2.84. The van der Waals surface area contributed by atoms with Crippen molar-refractivity contribution in [2.75, 3.05) is 26.4 Å². The van der Waals surface area contributed by atoms with E-state index in [-0.39, 0.29) is 18.1 Å². The van der Waals surface area contributed by atoms with E-state index in [1.54, 1.807) is 0 Å². The third kappa shape index (κ3) is 3.44. The molecule has 21 heavy (non-hydrogen) atoms. The topological polar surface area (TPSA) is 69.4 Å². The van der Waals surface area contributed by atoms with Crippen molar-refractivity contribution in [3.8, 4) is 0 Å². The summed E-state index contributed by atoms with van der Waals surface area (Å²) in [5, 5.41) is 7.66. The van der Waals surface area contributed by atoms with Crippen molar-refractivity contribution in [2.24, 2.45) is 5.92 Å². The van der Waals surface area contributed by atoms with Crippen LogP contribution in [0.25, 0.3) is 0 Å². The summed E-state index contributed by atoms with van der Waals surface area (Å²) in [6.45, 7) is 7.18. The Morgan fingerprint density at radius 2 is 2.19 bits per heavy atom. The Hall–Kier alpha value is -0.980. The van der Waals surface area contributed by atoms with Crippen LogP contribution in [0.3, 0.4) is 0 Å². The second-order valence-electron chi connectivity index (χ2n) is 5.91. The molecule has 1 aliphatic heterocycles. The van der Waals surface area contributed by atoms with Crippen molar-refractivity contribution >= 4 is 0 Å². The van der Waals surface area contributed by atoms with Gasteiger partial charge in [-0.1, -0.05) is 12.1 Å². The van der Waals surface area contributed by atoms with E-state index in [1.165, 1.54) is 12.8 Å². The van der Waals surface area contributed by atoms with E-state index in [9.17, 15) is 0 Å². The van der Waals surface area contributed by atoms with Gasteiger partial charge in [0.2, 0.25) is 11.7 Å². The molecule has 0 spiro atoms. The Labute approximate surface area is 125 Å². The lowest BCUT2D eigenvalue weighted by Crippen LogP contribution is -2.35. The van der Waals surface area contributed by atoms with E-state index in [0.29, 0.717) is 37.5 Å². The molecule has 1 N–H and O–H groups in total. The lowest BCUT2D eigenvalue weighted by molar-refractivity contribution is 0.0384. The Kier molecular flexibility index (Phi) is 4.87. The summed E-state index contributed by atoms with van der Waals surface area (Å²) < 4.78 is 16.9. The molecule has 0 aromatic carbocycles. The van der Waals surface area contributed by atoms with Crippen molar-refractivity contribution < 1.29 is 14.0 Å². The van der Waals surface area contributed by atoms with Crippen LogP contribution in [0.4, 0.5) is 0 Å². The molecule has 1 saturated heterocycles. The van der Waals surface area contributed by atoms with E-state index in [2.05, 4.69) is 22.4 Å². The molecule has 1 aromatic heterocycles. The zero-order valence-corrected chi connectivity index (χ0v) is 12.9. The fourth-order valence-electron chi connectivity index (χ4n) is 2.84. The Balaban J connectivity index is 1.68. The molecule has 2 heterocycles. The third-order valence-electron chi connectivity index (χ3n) is 4.16. The van der Waals surface area contributed by atoms with Crippen molar-refractivity contribution in [1.82, 2.24) is 15.5 Å². The standard InChI is InChI=1S/C15H25N3O3/c1-3-7-16-12-9-19-8-11(12)15-17-14(18-21-15)13(20-4-2)10-5-6-10/h10-13,16H,3-9H2,1-2H3. The van der Waals surface area contributed by atoms with E-state index in [4.69, 9.17) is 14.0 Å². The number of nitrogens with zero attached hydrogens (tertiary/aromatic N) is 2. The van der Waals surface area contributed by atoms with Crippen LogP contribution in [-0.4, -0.2) is 42.5 Å². The average Bonchev–Trinajstić information content (AvgIpc) is 3.03. The van der Waals surface area contributed by atoms with Gasteiger partial charge in [0, 0.05) is 12.6 Å². The molecular weight excluding hydrogens is 270 g/mol. The average molecular weight is 295 g/mol. The van der Waals surface area contributed by atoms with Crippen LogP contribution in [0.2, 0.25) is 0 Å². The zero-order valence-electron chi connectivity index (χ0n) is 12.9. The van der Waals surface area contributed by atoms with Gasteiger partial charge in [0.25, 0.3) is 0 Å². The van der Waals surface area contributed by atoms with Gasteiger partial charge in [-0.25, -0.2) is 0 Å². The molecule has 0 radical (unpaired) electrons. The van der Waals surface area contributed by atoms with Gasteiger partial charge in [0.05, 0.1) is 19.1 Å². The van der Waals surface area contributed by atoms with Crippen LogP contribution in [0.15, 0.2) is 4.52 Å². The van der Waals surface area contributed by atoms with Crippen molar-refractivity contribution in [3.05, 3.63) is 11.7 Å². The maximum absolute atomic E-state index is 5.79. The maximum atomic E-state index is 5.79. The summed E-state index contributed by atoms with van der Waals surface area (Å²) in [5.41, 5.74) is 0. The predicted molar refractivity (Wildman–Crippen MR) is 77.0 cm³/mol. The van der Waals surface area contributed by atoms with Crippen LogP contribution >= 0.6 is 0 Å². The normalized spacial score (nSPS) is 27.1. The highest BCUT2D eigenvalue weighted by atomic mass is 16.5. The Morgan fingerprint density at radius 1 is 1.33 bits per heavy atom. The van der Waals surface area contributed by atoms with Crippen LogP contribution in [0.5, 0.6) is 0 Å². The number of nitrogens with one attached hydrogen (secondary N) is 1. The van der Waals surface area contributed by atoms with Crippen LogP contribution in [0, 0.1) is 5.92 Å². The first-order chi connectivity index (χ1) is 10.3. The van der Waals surface area contributed by atoms with Crippen molar-refractivity contribution in [3.63, 3.8) is 0 Å². The van der Waals surface area contributed by atoms with E-state index >= 15 is 0 Å². The molecule has 3 unspecified atom stereocenters. The van der Waals surface area contributed by atoms with Gasteiger partial charge in [0.15, 0.2) is 0 Å². The zero-order chi connectivity index (χ0) is 14.7. The molecule has 1 aromatic rings. The number of hydrogen-bond donors (Lipinski definition) is 1. The van der Waals surface area contributed by atoms with Gasteiger partial charge in [-0.05, 0) is 38.6 Å². The van der Waals surface area contributed by atoms with E-state index in [0.717, 1.165) is 13.0 Å². The molecule has 2 aliphatic rings. The minimum absolute atomic E-state index is 0.00290. The maximum Gasteiger partial charge on any atom is 0.233 e. The Bertz CT molecular complexity index is 447. The van der Waals surface area contributed by atoms with E-state index < -0.39 is 0 Å². The number of aromatic nitrogens is 2. The molecule has 6 nitrogen and oxygen atoms in total. The summed E-state index contributed by atoms with van der Waals surface area (Å²) in [5.74, 6) is 2.10. The summed E-state index contributed by atoms with van der Waals surface area (Å²) in [4.78, 5) is 4.61. The van der Waals surface area contributed by atoms with Gasteiger partial charge >= 0.3 is 0 Å². The summed E-state index contributed by atoms with van der Waals surface area (Å²) >= 11 is 0. The van der Waals surface area contributed by atoms with Gasteiger partial charge in [-0.2, -0.15) is 4.98 Å². The molecule has 3 rings (SSSR count). The number of hydrogen-bond acceptors (Lipinski definition) is 6. The molecule has 118 valence electrons. The lowest BCUT2D eigenvalue weighted by Gasteiger charge is -2.15. The van der Waals surface area contributed by atoms with Crippen molar-refractivity contribution in [2.45, 2.75) is 51.2 Å². The predicted octanol–water partition coefficient (Wildman–Crippen LogP) is 2.04. The van der Waals surface area contributed by atoms with Crippen molar-refractivity contribution in [1.29, 1.82) is 0 Å². The first-order valence-electron chi connectivity index (χ1n) is 8.09. The highest BCUT2D eigenvalue weighted by molar-refractivity contribution is 5.05. The molecule has 1 aliphatic carbocycles. The first kappa shape index (κ1) is 14.9. The van der Waals surface area contributed by atoms with Gasteiger partial charge in [-0.3, -0.25) is 0 Å². The molecule has 6 heteroatoms. The minimum Gasteiger partial charge on any atom is -0.379 e. The molecule has 2 fully saturated rings. The van der Waals surface area contributed by atoms with Crippen LogP contribution in [0.1, 0.15) is 56.8 Å². The third-order valence-corrected chi connectivity index (χ3v) is 4.16. The largest absolute Gasteiger partial charge is 0.379 e. The molecular formula is C15H25N3O3. The SMILES string of the molecule is CCCNC1COCC1c1nc(C(OCC)C2CC2)no1. The molecule has 0 bridgehead atoms. The highest BCUT2D eigenvalue weighted by Gasteiger charge is 2.38. The van der Waals surface area contributed by atoms with Crippen LogP contribution < -0.4 is 5.32 Å². The van der Waals surface area contributed by atoms with E-state index in [1.807, 2.05) is 6.92 Å². The van der Waals surface area contributed by atoms with Gasteiger partial charge in [-0.15, -0.1) is 0 Å². The second-order valence-corrected chi connectivity index (χ2v) is 5.91. The van der Waals surface area contributed by atoms with Crippen LogP contribution in [-0.2, 0) is 9.47 Å². The lowest BCUT2D eigenvalue weighted by atomic mass is 10.0. The van der Waals surface area contributed by atoms with Gasteiger partial charge in [0.1, 0.15) is 6.10 Å². The number of rotatable bonds is 8.